The first-order chi connectivity index (χ1) is 8.40. The van der Waals surface area contributed by atoms with E-state index in [0.717, 1.165) is 16.7 Å². The highest BCUT2D eigenvalue weighted by atomic mass is 15.1. The van der Waals surface area contributed by atoms with Crippen molar-refractivity contribution in [2.45, 2.75) is 0 Å². The van der Waals surface area contributed by atoms with Gasteiger partial charge in [-0.25, -0.2) is 9.97 Å². The molecule has 3 aromatic rings. The lowest BCUT2D eigenvalue weighted by Crippen LogP contribution is -1.95. The number of hydrogen-bond acceptors (Lipinski definition) is 3. The van der Waals surface area contributed by atoms with E-state index in [1.807, 2.05) is 34.9 Å². The summed E-state index contributed by atoms with van der Waals surface area (Å²) in [5.74, 6) is 0.762. The van der Waals surface area contributed by atoms with Crippen molar-refractivity contribution in [3.8, 4) is 11.9 Å². The number of nitrogens with zero attached hydrogens (tertiary/aromatic N) is 4. The van der Waals surface area contributed by atoms with Crippen LogP contribution in [0.4, 0.5) is 0 Å². The number of fused-ring (bicyclic) bond motifs is 1. The van der Waals surface area contributed by atoms with Crippen LogP contribution in [0.1, 0.15) is 5.56 Å². The normalized spacial score (nSPS) is 10.3. The van der Waals surface area contributed by atoms with Gasteiger partial charge in [-0.1, -0.05) is 18.2 Å². The van der Waals surface area contributed by atoms with E-state index in [0.29, 0.717) is 5.56 Å². The Morgan fingerprint density at radius 1 is 1.18 bits per heavy atom. The maximum atomic E-state index is 9.10. The maximum absolute atomic E-state index is 9.10. The van der Waals surface area contributed by atoms with Gasteiger partial charge in [0.2, 0.25) is 0 Å². The fraction of sp³-hybridized carbons (Fsp3) is 0. The summed E-state index contributed by atoms with van der Waals surface area (Å²) in [5.41, 5.74) is 1.63. The Kier molecular flexibility index (Phi) is 2.09. The van der Waals surface area contributed by atoms with Crippen molar-refractivity contribution in [2.75, 3.05) is 0 Å². The zero-order chi connectivity index (χ0) is 11.7. The van der Waals surface area contributed by atoms with Gasteiger partial charge in [0, 0.05) is 17.8 Å². The summed E-state index contributed by atoms with van der Waals surface area (Å²) in [4.78, 5) is 8.08. The molecule has 0 radical (unpaired) electrons. The standard InChI is InChI=1S/C13H8N4/c14-7-10-8-17(13-5-6-15-9-16-13)12-4-2-1-3-11(10)12/h1-6,8-9H. The third kappa shape index (κ3) is 1.45. The van der Waals surface area contributed by atoms with Crippen LogP contribution in [0.15, 0.2) is 49.1 Å². The molecule has 80 valence electrons. The van der Waals surface area contributed by atoms with Crippen LogP contribution in [0.3, 0.4) is 0 Å². The smallest absolute Gasteiger partial charge is 0.140 e. The van der Waals surface area contributed by atoms with Crippen LogP contribution in [-0.2, 0) is 0 Å². The highest BCUT2D eigenvalue weighted by molar-refractivity contribution is 5.87. The van der Waals surface area contributed by atoms with Crippen molar-refractivity contribution in [1.82, 2.24) is 14.5 Å². The fourth-order valence-corrected chi connectivity index (χ4v) is 1.88. The third-order valence-corrected chi connectivity index (χ3v) is 2.65. The molecule has 17 heavy (non-hydrogen) atoms. The number of nitriles is 1. The third-order valence-electron chi connectivity index (χ3n) is 2.65. The summed E-state index contributed by atoms with van der Waals surface area (Å²) in [6, 6.07) is 11.8. The molecule has 3 rings (SSSR count). The van der Waals surface area contributed by atoms with Crippen molar-refractivity contribution in [1.29, 1.82) is 5.26 Å². The van der Waals surface area contributed by atoms with E-state index in [9.17, 15) is 0 Å². The Balaban J connectivity index is 2.35. The molecule has 0 unspecified atom stereocenters. The minimum Gasteiger partial charge on any atom is -0.300 e. The second-order valence-electron chi connectivity index (χ2n) is 3.61. The summed E-state index contributed by atoms with van der Waals surface area (Å²) in [5, 5.41) is 10.0. The Bertz CT molecular complexity index is 707. The van der Waals surface area contributed by atoms with Gasteiger partial charge in [0.1, 0.15) is 18.2 Å². The molecule has 2 heterocycles. The average Bonchev–Trinajstić information content (AvgIpc) is 2.78. The molecule has 0 aliphatic heterocycles. The molecule has 2 aromatic heterocycles. The monoisotopic (exact) mass is 220 g/mol. The van der Waals surface area contributed by atoms with Crippen molar-refractivity contribution in [3.63, 3.8) is 0 Å². The Morgan fingerprint density at radius 2 is 2.06 bits per heavy atom. The Labute approximate surface area is 97.8 Å². The van der Waals surface area contributed by atoms with E-state index in [1.54, 1.807) is 12.4 Å². The molecular weight excluding hydrogens is 212 g/mol. The second kappa shape index (κ2) is 3.72. The van der Waals surface area contributed by atoms with Crippen LogP contribution in [0, 0.1) is 11.3 Å². The average molecular weight is 220 g/mol. The predicted octanol–water partition coefficient (Wildman–Crippen LogP) is 2.29. The lowest BCUT2D eigenvalue weighted by atomic mass is 10.2. The quantitative estimate of drug-likeness (QED) is 0.632. The number of rotatable bonds is 1. The van der Waals surface area contributed by atoms with Crippen molar-refractivity contribution < 1.29 is 0 Å². The lowest BCUT2D eigenvalue weighted by molar-refractivity contribution is 1.01. The molecule has 0 amide bonds. The molecule has 0 atom stereocenters. The highest BCUT2D eigenvalue weighted by Gasteiger charge is 2.08. The largest absolute Gasteiger partial charge is 0.300 e. The van der Waals surface area contributed by atoms with E-state index < -0.39 is 0 Å². The summed E-state index contributed by atoms with van der Waals surface area (Å²) < 4.78 is 1.90. The number of hydrogen-bond donors (Lipinski definition) is 0. The first-order valence-corrected chi connectivity index (χ1v) is 5.17. The van der Waals surface area contributed by atoms with E-state index in [4.69, 9.17) is 5.26 Å². The predicted molar refractivity (Wildman–Crippen MR) is 63.6 cm³/mol. The fourth-order valence-electron chi connectivity index (χ4n) is 1.88. The second-order valence-corrected chi connectivity index (χ2v) is 3.61. The summed E-state index contributed by atoms with van der Waals surface area (Å²) >= 11 is 0. The van der Waals surface area contributed by atoms with Gasteiger partial charge in [-0.05, 0) is 12.1 Å². The molecule has 4 heteroatoms. The van der Waals surface area contributed by atoms with Gasteiger partial charge >= 0.3 is 0 Å². The topological polar surface area (TPSA) is 54.5 Å². The summed E-state index contributed by atoms with van der Waals surface area (Å²) in [6.07, 6.45) is 4.98. The van der Waals surface area contributed by atoms with Crippen LogP contribution in [0.2, 0.25) is 0 Å². The molecule has 0 spiro atoms. The lowest BCUT2D eigenvalue weighted by Gasteiger charge is -2.02. The molecule has 0 fully saturated rings. The molecule has 0 aliphatic rings. The summed E-state index contributed by atoms with van der Waals surface area (Å²) in [6.45, 7) is 0. The SMILES string of the molecule is N#Cc1cn(-c2ccncn2)c2ccccc12. The number of benzene rings is 1. The van der Waals surface area contributed by atoms with Crippen LogP contribution >= 0.6 is 0 Å². The Hall–Kier alpha value is -2.67. The van der Waals surface area contributed by atoms with E-state index in [-0.39, 0.29) is 0 Å². The molecule has 1 aromatic carbocycles. The molecular formula is C13H8N4. The minimum absolute atomic E-state index is 0.652. The van der Waals surface area contributed by atoms with Crippen molar-refractivity contribution in [2.24, 2.45) is 0 Å². The van der Waals surface area contributed by atoms with Gasteiger partial charge < -0.3 is 0 Å². The Morgan fingerprint density at radius 3 is 2.82 bits per heavy atom. The van der Waals surface area contributed by atoms with Gasteiger partial charge in [-0.15, -0.1) is 0 Å². The number of para-hydroxylation sites is 1. The van der Waals surface area contributed by atoms with Gasteiger partial charge in [-0.2, -0.15) is 5.26 Å². The zero-order valence-electron chi connectivity index (χ0n) is 8.91. The zero-order valence-corrected chi connectivity index (χ0v) is 8.91. The van der Waals surface area contributed by atoms with Crippen LogP contribution in [0.5, 0.6) is 0 Å². The van der Waals surface area contributed by atoms with Gasteiger partial charge in [0.15, 0.2) is 0 Å². The maximum Gasteiger partial charge on any atom is 0.140 e. The molecule has 0 bridgehead atoms. The molecule has 0 aliphatic carbocycles. The molecule has 0 N–H and O–H groups in total. The van der Waals surface area contributed by atoms with Gasteiger partial charge in [0.25, 0.3) is 0 Å². The van der Waals surface area contributed by atoms with E-state index >= 15 is 0 Å². The van der Waals surface area contributed by atoms with E-state index in [1.165, 1.54) is 6.33 Å². The summed E-state index contributed by atoms with van der Waals surface area (Å²) in [7, 11) is 0. The number of aromatic nitrogens is 3. The van der Waals surface area contributed by atoms with Crippen LogP contribution in [0.25, 0.3) is 16.7 Å². The molecule has 0 saturated carbocycles. The highest BCUT2D eigenvalue weighted by Crippen LogP contribution is 2.22. The first kappa shape index (κ1) is 9.55. The minimum atomic E-state index is 0.652. The molecule has 0 saturated heterocycles. The van der Waals surface area contributed by atoms with Gasteiger partial charge in [0.05, 0.1) is 11.1 Å². The van der Waals surface area contributed by atoms with Crippen molar-refractivity contribution >= 4 is 10.9 Å². The van der Waals surface area contributed by atoms with E-state index in [2.05, 4.69) is 16.0 Å². The van der Waals surface area contributed by atoms with Crippen LogP contribution < -0.4 is 0 Å². The van der Waals surface area contributed by atoms with Gasteiger partial charge in [-0.3, -0.25) is 4.57 Å². The first-order valence-electron chi connectivity index (χ1n) is 5.17. The van der Waals surface area contributed by atoms with Crippen LogP contribution in [-0.4, -0.2) is 14.5 Å². The molecule has 4 nitrogen and oxygen atoms in total. The van der Waals surface area contributed by atoms with Crippen molar-refractivity contribution in [3.05, 3.63) is 54.6 Å².